The van der Waals surface area contributed by atoms with Crippen LogP contribution < -0.4 is 10.2 Å². The predicted molar refractivity (Wildman–Crippen MR) is 83.0 cm³/mol. The lowest BCUT2D eigenvalue weighted by atomic mass is 10.1. The van der Waals surface area contributed by atoms with Crippen LogP contribution in [0.3, 0.4) is 0 Å². The van der Waals surface area contributed by atoms with Crippen LogP contribution in [0.5, 0.6) is 0 Å². The summed E-state index contributed by atoms with van der Waals surface area (Å²) in [6, 6.07) is 10.9. The summed E-state index contributed by atoms with van der Waals surface area (Å²) in [5, 5.41) is 7.65. The molecule has 2 heterocycles. The highest BCUT2D eigenvalue weighted by atomic mass is 15.3. The Morgan fingerprint density at radius 3 is 2.45 bits per heavy atom. The topological polar surface area (TPSA) is 33.1 Å². The molecule has 0 atom stereocenters. The van der Waals surface area contributed by atoms with Crippen LogP contribution in [0.2, 0.25) is 0 Å². The van der Waals surface area contributed by atoms with Crippen LogP contribution >= 0.6 is 0 Å². The van der Waals surface area contributed by atoms with E-state index in [0.717, 1.165) is 12.4 Å². The zero-order chi connectivity index (χ0) is 13.8. The average Bonchev–Trinajstić information content (AvgIpc) is 2.92. The van der Waals surface area contributed by atoms with Gasteiger partial charge in [0.25, 0.3) is 0 Å². The van der Waals surface area contributed by atoms with Crippen molar-refractivity contribution in [3.05, 3.63) is 42.1 Å². The molecule has 0 spiro atoms. The van der Waals surface area contributed by atoms with Gasteiger partial charge in [0.05, 0.1) is 0 Å². The SMILES string of the molecule is Cn1ccc(NCc2ccc(N3CCCCC3)cc2)n1. The second-order valence-corrected chi connectivity index (χ2v) is 5.44. The first-order chi connectivity index (χ1) is 9.81. The molecule has 1 saturated heterocycles. The van der Waals surface area contributed by atoms with Crippen LogP contribution in [0.1, 0.15) is 24.8 Å². The van der Waals surface area contributed by atoms with Crippen LogP contribution in [-0.4, -0.2) is 22.9 Å². The van der Waals surface area contributed by atoms with Gasteiger partial charge in [0.1, 0.15) is 5.82 Å². The summed E-state index contributed by atoms with van der Waals surface area (Å²) in [5.74, 6) is 0.924. The summed E-state index contributed by atoms with van der Waals surface area (Å²) in [6.45, 7) is 3.22. The molecule has 0 saturated carbocycles. The van der Waals surface area contributed by atoms with Crippen molar-refractivity contribution in [1.29, 1.82) is 0 Å². The number of piperidine rings is 1. The monoisotopic (exact) mass is 270 g/mol. The van der Waals surface area contributed by atoms with Crippen LogP contribution in [0.15, 0.2) is 36.5 Å². The molecule has 3 rings (SSSR count). The van der Waals surface area contributed by atoms with Crippen molar-refractivity contribution in [3.63, 3.8) is 0 Å². The average molecular weight is 270 g/mol. The van der Waals surface area contributed by atoms with Gasteiger partial charge in [0.15, 0.2) is 0 Å². The Morgan fingerprint density at radius 1 is 1.05 bits per heavy atom. The molecule has 0 radical (unpaired) electrons. The van der Waals surface area contributed by atoms with Crippen LogP contribution in [0.4, 0.5) is 11.5 Å². The van der Waals surface area contributed by atoms with Crippen molar-refractivity contribution < 1.29 is 0 Å². The molecule has 20 heavy (non-hydrogen) atoms. The summed E-state index contributed by atoms with van der Waals surface area (Å²) in [6.07, 6.45) is 5.97. The van der Waals surface area contributed by atoms with Crippen molar-refractivity contribution in [2.24, 2.45) is 7.05 Å². The lowest BCUT2D eigenvalue weighted by Crippen LogP contribution is -2.29. The molecule has 4 nitrogen and oxygen atoms in total. The molecule has 1 aromatic carbocycles. The van der Waals surface area contributed by atoms with Crippen LogP contribution in [0, 0.1) is 0 Å². The predicted octanol–water partition coefficient (Wildman–Crippen LogP) is 3.02. The van der Waals surface area contributed by atoms with E-state index in [-0.39, 0.29) is 0 Å². The van der Waals surface area contributed by atoms with Crippen molar-refractivity contribution in [3.8, 4) is 0 Å². The number of nitrogens with one attached hydrogen (secondary N) is 1. The van der Waals surface area contributed by atoms with Gasteiger partial charge in [-0.05, 0) is 37.0 Å². The van der Waals surface area contributed by atoms with Crippen molar-refractivity contribution in [2.75, 3.05) is 23.3 Å². The molecule has 0 unspecified atom stereocenters. The van der Waals surface area contributed by atoms with E-state index in [1.165, 1.54) is 43.6 Å². The van der Waals surface area contributed by atoms with Crippen LogP contribution in [0.25, 0.3) is 0 Å². The third kappa shape index (κ3) is 3.13. The van der Waals surface area contributed by atoms with Gasteiger partial charge in [-0.3, -0.25) is 4.68 Å². The minimum absolute atomic E-state index is 0.817. The summed E-state index contributed by atoms with van der Waals surface area (Å²) in [7, 11) is 1.93. The van der Waals surface area contributed by atoms with Gasteiger partial charge in [-0.2, -0.15) is 5.10 Å². The molecule has 0 amide bonds. The first kappa shape index (κ1) is 13.0. The molecule has 1 aromatic heterocycles. The lowest BCUT2D eigenvalue weighted by Gasteiger charge is -2.28. The highest BCUT2D eigenvalue weighted by Gasteiger charge is 2.10. The van der Waals surface area contributed by atoms with Gasteiger partial charge in [-0.25, -0.2) is 0 Å². The maximum Gasteiger partial charge on any atom is 0.148 e. The van der Waals surface area contributed by atoms with E-state index in [1.54, 1.807) is 0 Å². The van der Waals surface area contributed by atoms with Crippen molar-refractivity contribution >= 4 is 11.5 Å². The summed E-state index contributed by atoms with van der Waals surface area (Å²) >= 11 is 0. The van der Waals surface area contributed by atoms with Gasteiger partial charge >= 0.3 is 0 Å². The largest absolute Gasteiger partial charge is 0.372 e. The quantitative estimate of drug-likeness (QED) is 0.927. The van der Waals surface area contributed by atoms with E-state index in [1.807, 2.05) is 24.0 Å². The molecule has 106 valence electrons. The number of hydrogen-bond donors (Lipinski definition) is 1. The number of aryl methyl sites for hydroxylation is 1. The third-order valence-corrected chi connectivity index (χ3v) is 3.84. The van der Waals surface area contributed by atoms with Gasteiger partial charge in [0, 0.05) is 44.6 Å². The Labute approximate surface area is 120 Å². The Kier molecular flexibility index (Phi) is 3.90. The van der Waals surface area contributed by atoms with E-state index >= 15 is 0 Å². The van der Waals surface area contributed by atoms with Gasteiger partial charge in [-0.15, -0.1) is 0 Å². The highest BCUT2D eigenvalue weighted by Crippen LogP contribution is 2.20. The Morgan fingerprint density at radius 2 is 1.80 bits per heavy atom. The van der Waals surface area contributed by atoms with E-state index in [2.05, 4.69) is 39.6 Å². The molecule has 1 fully saturated rings. The molecule has 4 heteroatoms. The smallest absolute Gasteiger partial charge is 0.148 e. The fraction of sp³-hybridized carbons (Fsp3) is 0.438. The minimum atomic E-state index is 0.817. The summed E-state index contributed by atoms with van der Waals surface area (Å²) in [4.78, 5) is 2.49. The molecule has 1 N–H and O–H groups in total. The van der Waals surface area contributed by atoms with E-state index in [0.29, 0.717) is 0 Å². The van der Waals surface area contributed by atoms with Crippen LogP contribution in [-0.2, 0) is 13.6 Å². The molecule has 0 aliphatic carbocycles. The normalized spacial score (nSPS) is 15.3. The minimum Gasteiger partial charge on any atom is -0.372 e. The van der Waals surface area contributed by atoms with Crippen molar-refractivity contribution in [1.82, 2.24) is 9.78 Å². The van der Waals surface area contributed by atoms with E-state index < -0.39 is 0 Å². The number of hydrogen-bond acceptors (Lipinski definition) is 3. The number of rotatable bonds is 4. The molecule has 0 bridgehead atoms. The first-order valence-electron chi connectivity index (χ1n) is 7.39. The van der Waals surface area contributed by atoms with Crippen molar-refractivity contribution in [2.45, 2.75) is 25.8 Å². The zero-order valence-electron chi connectivity index (χ0n) is 12.0. The fourth-order valence-corrected chi connectivity index (χ4v) is 2.68. The second kappa shape index (κ2) is 5.99. The Balaban J connectivity index is 1.58. The molecule has 1 aliphatic heterocycles. The zero-order valence-corrected chi connectivity index (χ0v) is 12.0. The maximum absolute atomic E-state index is 4.31. The molecule has 2 aromatic rings. The van der Waals surface area contributed by atoms with Gasteiger partial charge < -0.3 is 10.2 Å². The summed E-state index contributed by atoms with van der Waals surface area (Å²) < 4.78 is 1.81. The van der Waals surface area contributed by atoms with E-state index in [4.69, 9.17) is 0 Å². The summed E-state index contributed by atoms with van der Waals surface area (Å²) in [5.41, 5.74) is 2.64. The van der Waals surface area contributed by atoms with Gasteiger partial charge in [0.2, 0.25) is 0 Å². The number of anilines is 2. The van der Waals surface area contributed by atoms with E-state index in [9.17, 15) is 0 Å². The molecule has 1 aliphatic rings. The maximum atomic E-state index is 4.31. The first-order valence-corrected chi connectivity index (χ1v) is 7.39. The number of aromatic nitrogens is 2. The third-order valence-electron chi connectivity index (χ3n) is 3.84. The highest BCUT2D eigenvalue weighted by molar-refractivity contribution is 5.48. The lowest BCUT2D eigenvalue weighted by molar-refractivity contribution is 0.578. The molecular weight excluding hydrogens is 248 g/mol. The standard InChI is InChI=1S/C16H22N4/c1-19-12-9-16(18-19)17-13-14-5-7-15(8-6-14)20-10-3-2-4-11-20/h5-9,12H,2-4,10-11,13H2,1H3,(H,17,18). The Bertz CT molecular complexity index is 538. The fourth-order valence-electron chi connectivity index (χ4n) is 2.68. The number of nitrogens with zero attached hydrogens (tertiary/aromatic N) is 3. The second-order valence-electron chi connectivity index (χ2n) is 5.44. The molecular formula is C16H22N4. The number of benzene rings is 1. The van der Waals surface area contributed by atoms with Gasteiger partial charge in [-0.1, -0.05) is 12.1 Å². The Hall–Kier alpha value is -1.97.